The zero-order valence-corrected chi connectivity index (χ0v) is 16.2. The topological polar surface area (TPSA) is 93.1 Å². The molecular weight excluding hydrogens is 358 g/mol. The van der Waals surface area contributed by atoms with Crippen molar-refractivity contribution >= 4 is 16.1 Å². The molecule has 0 aromatic rings. The Balaban J connectivity index is 1.63. The van der Waals surface area contributed by atoms with Gasteiger partial charge >= 0.3 is 5.97 Å². The van der Waals surface area contributed by atoms with E-state index in [9.17, 15) is 17.8 Å². The number of esters is 1. The molecule has 26 heavy (non-hydrogen) atoms. The number of nitrogens with zero attached hydrogens (tertiary/aromatic N) is 1. The summed E-state index contributed by atoms with van der Waals surface area (Å²) in [7, 11) is -4.21. The molecule has 0 spiro atoms. The van der Waals surface area contributed by atoms with E-state index in [4.69, 9.17) is 9.47 Å². The van der Waals surface area contributed by atoms with Gasteiger partial charge in [0.1, 0.15) is 11.9 Å². The molecule has 0 radical (unpaired) electrons. The van der Waals surface area contributed by atoms with E-state index in [1.807, 2.05) is 4.90 Å². The average molecular weight is 390 g/mol. The number of morpholine rings is 1. The van der Waals surface area contributed by atoms with Gasteiger partial charge in [-0.1, -0.05) is 32.1 Å². The second-order valence-corrected chi connectivity index (χ2v) is 9.46. The van der Waals surface area contributed by atoms with Gasteiger partial charge in [-0.15, -0.1) is 0 Å². The Morgan fingerprint density at radius 2 is 1.81 bits per heavy atom. The van der Waals surface area contributed by atoms with Crippen LogP contribution in [0.1, 0.15) is 44.9 Å². The molecule has 0 bridgehead atoms. The van der Waals surface area contributed by atoms with Gasteiger partial charge in [-0.3, -0.25) is 14.2 Å². The number of carbonyl (C=O) groups excluding carboxylic acids is 1. The van der Waals surface area contributed by atoms with Gasteiger partial charge in [-0.05, 0) is 24.7 Å². The van der Waals surface area contributed by atoms with E-state index in [0.717, 1.165) is 25.7 Å². The minimum absolute atomic E-state index is 0.123. The molecule has 4 atom stereocenters. The predicted octanol–water partition coefficient (Wildman–Crippen LogP) is 1.72. The maximum Gasteiger partial charge on any atom is 0.309 e. The molecule has 8 heteroatoms. The number of hydrogen-bond acceptors (Lipinski definition) is 6. The van der Waals surface area contributed by atoms with Crippen LogP contribution in [0.5, 0.6) is 0 Å². The van der Waals surface area contributed by atoms with Crippen molar-refractivity contribution in [2.45, 2.75) is 51.0 Å². The second-order valence-electron chi connectivity index (χ2n) is 7.97. The molecule has 7 nitrogen and oxygen atoms in total. The zero-order chi connectivity index (χ0) is 18.6. The quantitative estimate of drug-likeness (QED) is 0.546. The Morgan fingerprint density at radius 3 is 2.54 bits per heavy atom. The number of rotatable bonds is 6. The SMILES string of the molecule is O=C(OC(CN1CCOCC1)CS(=O)(=O)O)C1CCCC2CCCCC21. The highest BCUT2D eigenvalue weighted by Crippen LogP contribution is 2.44. The summed E-state index contributed by atoms with van der Waals surface area (Å²) in [5.41, 5.74) is 0. The van der Waals surface area contributed by atoms with E-state index in [1.54, 1.807) is 0 Å². The van der Waals surface area contributed by atoms with Crippen molar-refractivity contribution in [3.05, 3.63) is 0 Å². The zero-order valence-electron chi connectivity index (χ0n) is 15.3. The lowest BCUT2D eigenvalue weighted by Gasteiger charge is -2.40. The molecule has 2 saturated carbocycles. The fourth-order valence-electron chi connectivity index (χ4n) is 4.91. The molecule has 4 unspecified atom stereocenters. The minimum Gasteiger partial charge on any atom is -0.460 e. The van der Waals surface area contributed by atoms with Crippen molar-refractivity contribution in [1.82, 2.24) is 4.90 Å². The fourth-order valence-corrected chi connectivity index (χ4v) is 5.56. The highest BCUT2D eigenvalue weighted by atomic mass is 32.2. The van der Waals surface area contributed by atoms with Gasteiger partial charge in [0.2, 0.25) is 0 Å². The number of fused-ring (bicyclic) bond motifs is 1. The molecular formula is C18H31NO6S. The number of hydrogen-bond donors (Lipinski definition) is 1. The highest BCUT2D eigenvalue weighted by Gasteiger charge is 2.40. The van der Waals surface area contributed by atoms with E-state index < -0.39 is 22.0 Å². The van der Waals surface area contributed by atoms with Crippen LogP contribution in [0.15, 0.2) is 0 Å². The van der Waals surface area contributed by atoms with E-state index in [2.05, 4.69) is 0 Å². The van der Waals surface area contributed by atoms with Crippen LogP contribution in [0.25, 0.3) is 0 Å². The largest absolute Gasteiger partial charge is 0.460 e. The molecule has 1 saturated heterocycles. The highest BCUT2D eigenvalue weighted by molar-refractivity contribution is 7.85. The molecule has 2 aliphatic carbocycles. The van der Waals surface area contributed by atoms with Crippen molar-refractivity contribution in [2.24, 2.45) is 17.8 Å². The van der Waals surface area contributed by atoms with Crippen LogP contribution in [0.3, 0.4) is 0 Å². The smallest absolute Gasteiger partial charge is 0.309 e. The van der Waals surface area contributed by atoms with Crippen molar-refractivity contribution in [3.63, 3.8) is 0 Å². The fraction of sp³-hybridized carbons (Fsp3) is 0.944. The first-order chi connectivity index (χ1) is 12.4. The van der Waals surface area contributed by atoms with Gasteiger partial charge in [0.05, 0.1) is 19.1 Å². The van der Waals surface area contributed by atoms with Gasteiger partial charge in [0.15, 0.2) is 0 Å². The van der Waals surface area contributed by atoms with Gasteiger partial charge in [-0.25, -0.2) is 0 Å². The first-order valence-electron chi connectivity index (χ1n) is 9.88. The van der Waals surface area contributed by atoms with Crippen molar-refractivity contribution in [3.8, 4) is 0 Å². The molecule has 0 aromatic carbocycles. The molecule has 1 N–H and O–H groups in total. The monoisotopic (exact) mass is 389 g/mol. The van der Waals surface area contributed by atoms with Crippen LogP contribution < -0.4 is 0 Å². The lowest BCUT2D eigenvalue weighted by molar-refractivity contribution is -0.159. The first-order valence-corrected chi connectivity index (χ1v) is 11.5. The van der Waals surface area contributed by atoms with E-state index in [1.165, 1.54) is 19.3 Å². The van der Waals surface area contributed by atoms with Gasteiger partial charge in [-0.2, -0.15) is 8.42 Å². The Labute approximate surface area is 156 Å². The van der Waals surface area contributed by atoms with Crippen LogP contribution in [0.2, 0.25) is 0 Å². The predicted molar refractivity (Wildman–Crippen MR) is 96.3 cm³/mol. The third-order valence-corrected chi connectivity index (χ3v) is 6.92. The molecule has 1 heterocycles. The standard InChI is InChI=1S/C18H31NO6S/c20-18(17-7-3-5-14-4-1-2-6-16(14)17)25-15(13-26(21,22)23)12-19-8-10-24-11-9-19/h14-17H,1-13H2,(H,21,22,23). The molecule has 150 valence electrons. The van der Waals surface area contributed by atoms with Crippen LogP contribution >= 0.6 is 0 Å². The Bertz CT molecular complexity index is 572. The summed E-state index contributed by atoms with van der Waals surface area (Å²) in [6.45, 7) is 2.83. The minimum atomic E-state index is -4.21. The van der Waals surface area contributed by atoms with E-state index >= 15 is 0 Å². The molecule has 3 fully saturated rings. The van der Waals surface area contributed by atoms with Gasteiger partial charge in [0, 0.05) is 19.6 Å². The number of ether oxygens (including phenoxy) is 2. The molecule has 1 aliphatic heterocycles. The summed E-state index contributed by atoms with van der Waals surface area (Å²) in [5, 5.41) is 0. The maximum atomic E-state index is 12.8. The summed E-state index contributed by atoms with van der Waals surface area (Å²) in [6.07, 6.45) is 6.88. The van der Waals surface area contributed by atoms with Crippen molar-refractivity contribution in [1.29, 1.82) is 0 Å². The summed E-state index contributed by atoms with van der Waals surface area (Å²) in [6, 6.07) is 0. The lowest BCUT2D eigenvalue weighted by Crippen LogP contribution is -2.46. The molecule has 3 rings (SSSR count). The van der Waals surface area contributed by atoms with Gasteiger partial charge in [0.25, 0.3) is 10.1 Å². The van der Waals surface area contributed by atoms with Crippen LogP contribution in [-0.4, -0.2) is 68.5 Å². The Kier molecular flexibility index (Phi) is 6.93. The van der Waals surface area contributed by atoms with Gasteiger partial charge < -0.3 is 9.47 Å². The normalized spacial score (nSPS) is 31.8. The second kappa shape index (κ2) is 8.99. The average Bonchev–Trinajstić information content (AvgIpc) is 2.60. The number of carbonyl (C=O) groups is 1. The molecule has 3 aliphatic rings. The van der Waals surface area contributed by atoms with Crippen LogP contribution in [0.4, 0.5) is 0 Å². The van der Waals surface area contributed by atoms with Crippen molar-refractivity contribution in [2.75, 3.05) is 38.6 Å². The van der Waals surface area contributed by atoms with Crippen LogP contribution in [0, 0.1) is 17.8 Å². The summed E-state index contributed by atoms with van der Waals surface area (Å²) < 4.78 is 43.0. The summed E-state index contributed by atoms with van der Waals surface area (Å²) in [5.74, 6) is 0.0388. The maximum absolute atomic E-state index is 12.8. The van der Waals surface area contributed by atoms with Crippen LogP contribution in [-0.2, 0) is 24.4 Å². The Hall–Kier alpha value is -0.700. The third kappa shape index (κ3) is 5.65. The summed E-state index contributed by atoms with van der Waals surface area (Å²) >= 11 is 0. The Morgan fingerprint density at radius 1 is 1.12 bits per heavy atom. The summed E-state index contributed by atoms with van der Waals surface area (Å²) in [4.78, 5) is 14.9. The van der Waals surface area contributed by atoms with E-state index in [-0.39, 0.29) is 11.9 Å². The third-order valence-electron chi connectivity index (χ3n) is 6.12. The first kappa shape index (κ1) is 20.0. The molecule has 0 amide bonds. The van der Waals surface area contributed by atoms with Crippen molar-refractivity contribution < 1.29 is 27.2 Å². The molecule has 0 aromatic heterocycles. The lowest BCUT2D eigenvalue weighted by atomic mass is 9.65. The van der Waals surface area contributed by atoms with E-state index in [0.29, 0.717) is 44.7 Å².